The van der Waals surface area contributed by atoms with Gasteiger partial charge in [-0.1, -0.05) is 5.16 Å². The zero-order chi connectivity index (χ0) is 14.7. The lowest BCUT2D eigenvalue weighted by atomic mass is 10.0. The van der Waals surface area contributed by atoms with Crippen molar-refractivity contribution in [2.75, 3.05) is 13.2 Å². The van der Waals surface area contributed by atoms with Gasteiger partial charge in [0.1, 0.15) is 6.61 Å². The molecule has 0 aliphatic rings. The maximum atomic E-state index is 12.6. The first-order valence-corrected chi connectivity index (χ1v) is 5.19. The van der Waals surface area contributed by atoms with Gasteiger partial charge in [0, 0.05) is 6.42 Å². The van der Waals surface area contributed by atoms with Crippen molar-refractivity contribution >= 4 is 0 Å². The largest absolute Gasteiger partial charge is 0.415 e. The van der Waals surface area contributed by atoms with Crippen molar-refractivity contribution in [3.63, 3.8) is 0 Å². The van der Waals surface area contributed by atoms with E-state index in [2.05, 4.69) is 19.4 Å². The molecule has 1 rings (SSSR count). The van der Waals surface area contributed by atoms with Crippen LogP contribution >= 0.6 is 0 Å². The molecule has 0 aromatic carbocycles. The topological polar surface area (TPSA) is 74.2 Å². The molecule has 10 heteroatoms. The van der Waals surface area contributed by atoms with Gasteiger partial charge in [-0.3, -0.25) is 0 Å². The first-order valence-electron chi connectivity index (χ1n) is 5.19. The normalized spacial score (nSPS) is 15.8. The zero-order valence-electron chi connectivity index (χ0n) is 9.88. The van der Waals surface area contributed by atoms with Crippen LogP contribution < -0.4 is 5.73 Å². The maximum Gasteiger partial charge on any atom is 0.415 e. The van der Waals surface area contributed by atoms with Crippen molar-refractivity contribution in [2.24, 2.45) is 5.73 Å². The van der Waals surface area contributed by atoms with Gasteiger partial charge in [-0.05, 0) is 6.92 Å². The van der Waals surface area contributed by atoms with Gasteiger partial charge in [-0.15, -0.1) is 0 Å². The van der Waals surface area contributed by atoms with E-state index in [4.69, 9.17) is 5.73 Å². The number of hydrogen-bond donors (Lipinski definition) is 1. The highest BCUT2D eigenvalue weighted by Crippen LogP contribution is 2.35. The Balaban J connectivity index is 2.58. The average Bonchev–Trinajstić information content (AvgIpc) is 2.71. The highest BCUT2D eigenvalue weighted by Gasteiger charge is 2.53. The summed E-state index contributed by atoms with van der Waals surface area (Å²) in [7, 11) is 0. The fourth-order valence-electron chi connectivity index (χ4n) is 1.02. The predicted octanol–water partition coefficient (Wildman–Crippen LogP) is 1.63. The lowest BCUT2D eigenvalue weighted by Crippen LogP contribution is -2.48. The van der Waals surface area contributed by atoms with E-state index in [0.717, 1.165) is 0 Å². The van der Waals surface area contributed by atoms with Gasteiger partial charge in [0.05, 0.1) is 6.61 Å². The third-order valence-electron chi connectivity index (χ3n) is 2.22. The molecule has 0 spiro atoms. The molecule has 0 aliphatic heterocycles. The summed E-state index contributed by atoms with van der Waals surface area (Å²) in [5, 5.41) is 3.28. The second kappa shape index (κ2) is 5.78. The maximum absolute atomic E-state index is 12.6. The quantitative estimate of drug-likeness (QED) is 0.636. The average molecular weight is 289 g/mol. The van der Waals surface area contributed by atoms with Gasteiger partial charge in [-0.25, -0.2) is 8.78 Å². The molecule has 0 aliphatic carbocycles. The summed E-state index contributed by atoms with van der Waals surface area (Å²) in [5.74, 6) is -0.881. The lowest BCUT2D eigenvalue weighted by Gasteiger charge is -2.22. The number of rotatable bonds is 6. The Kier molecular flexibility index (Phi) is 4.80. The fourth-order valence-corrected chi connectivity index (χ4v) is 1.02. The fraction of sp³-hybridized carbons (Fsp3) is 0.778. The van der Waals surface area contributed by atoms with E-state index in [1.165, 1.54) is 0 Å². The monoisotopic (exact) mass is 289 g/mol. The third-order valence-corrected chi connectivity index (χ3v) is 2.22. The summed E-state index contributed by atoms with van der Waals surface area (Å²) in [5.41, 5.74) is 2.31. The smallest absolute Gasteiger partial charge is 0.375 e. The van der Waals surface area contributed by atoms with Gasteiger partial charge < -0.3 is 15.0 Å². The molecule has 5 nitrogen and oxygen atoms in total. The van der Waals surface area contributed by atoms with Crippen LogP contribution in [-0.2, 0) is 16.7 Å². The number of hydrogen-bond acceptors (Lipinski definition) is 5. The predicted molar refractivity (Wildman–Crippen MR) is 52.4 cm³/mol. The van der Waals surface area contributed by atoms with Crippen molar-refractivity contribution in [1.29, 1.82) is 0 Å². The van der Waals surface area contributed by atoms with Crippen molar-refractivity contribution in [2.45, 2.75) is 31.5 Å². The molecule has 2 N–H and O–H groups in total. The van der Waals surface area contributed by atoms with Crippen LogP contribution in [0.4, 0.5) is 22.0 Å². The molecule has 19 heavy (non-hydrogen) atoms. The molecule has 0 amide bonds. The minimum atomic E-state index is -4.75. The van der Waals surface area contributed by atoms with Crippen LogP contribution in [0, 0.1) is 0 Å². The molecule has 1 atom stereocenters. The summed E-state index contributed by atoms with van der Waals surface area (Å²) in [6, 6.07) is 0. The Hall–Kier alpha value is -1.29. The van der Waals surface area contributed by atoms with E-state index < -0.39 is 30.6 Å². The van der Waals surface area contributed by atoms with Crippen LogP contribution in [0.25, 0.3) is 0 Å². The number of aromatic nitrogens is 2. The Bertz CT molecular complexity index is 405. The SMILES string of the molecule is CC(N)(c1nc(CCOCC(F)F)no1)C(F)(F)F. The number of halogens is 5. The molecule has 0 saturated carbocycles. The number of alkyl halides is 5. The highest BCUT2D eigenvalue weighted by molar-refractivity contribution is 5.04. The van der Waals surface area contributed by atoms with Gasteiger partial charge >= 0.3 is 6.18 Å². The van der Waals surface area contributed by atoms with Gasteiger partial charge in [0.25, 0.3) is 12.3 Å². The number of ether oxygens (including phenoxy) is 1. The standard InChI is InChI=1S/C9H12F5N3O2/c1-8(15,9(12,13)14)7-16-6(17-19-7)2-3-18-4-5(10)11/h5H,2-4,15H2,1H3. The molecular formula is C9H12F5N3O2. The van der Waals surface area contributed by atoms with E-state index in [-0.39, 0.29) is 18.9 Å². The van der Waals surface area contributed by atoms with Gasteiger partial charge in [0.2, 0.25) is 0 Å². The highest BCUT2D eigenvalue weighted by atomic mass is 19.4. The summed E-state index contributed by atoms with van der Waals surface area (Å²) < 4.78 is 70.1. The lowest BCUT2D eigenvalue weighted by molar-refractivity contribution is -0.190. The van der Waals surface area contributed by atoms with Crippen LogP contribution in [0.2, 0.25) is 0 Å². The Morgan fingerprint density at radius 2 is 2.00 bits per heavy atom. The van der Waals surface area contributed by atoms with E-state index in [1.807, 2.05) is 0 Å². The first-order chi connectivity index (χ1) is 8.64. The van der Waals surface area contributed by atoms with Gasteiger partial charge in [0.15, 0.2) is 11.4 Å². The molecule has 0 bridgehead atoms. The molecule has 0 fully saturated rings. The summed E-state index contributed by atoms with van der Waals surface area (Å²) in [6.45, 7) is -0.226. The second-order valence-corrected chi connectivity index (χ2v) is 3.93. The number of nitrogens with zero attached hydrogens (tertiary/aromatic N) is 2. The Morgan fingerprint density at radius 1 is 1.37 bits per heavy atom. The van der Waals surface area contributed by atoms with Crippen molar-refractivity contribution in [1.82, 2.24) is 10.1 Å². The molecule has 1 unspecified atom stereocenters. The summed E-state index contributed by atoms with van der Waals surface area (Å²) >= 11 is 0. The van der Waals surface area contributed by atoms with Crippen LogP contribution in [0.1, 0.15) is 18.6 Å². The second-order valence-electron chi connectivity index (χ2n) is 3.93. The summed E-state index contributed by atoms with van der Waals surface area (Å²) in [6.07, 6.45) is -7.41. The third kappa shape index (κ3) is 4.10. The summed E-state index contributed by atoms with van der Waals surface area (Å²) in [4.78, 5) is 3.47. The van der Waals surface area contributed by atoms with E-state index in [1.54, 1.807) is 0 Å². The number of nitrogens with two attached hydrogens (primary N) is 1. The van der Waals surface area contributed by atoms with Crippen LogP contribution in [-0.4, -0.2) is 36.0 Å². The molecule has 1 aromatic rings. The van der Waals surface area contributed by atoms with E-state index in [0.29, 0.717) is 6.92 Å². The van der Waals surface area contributed by atoms with E-state index in [9.17, 15) is 22.0 Å². The molecule has 110 valence electrons. The Labute approximate surface area is 104 Å². The van der Waals surface area contributed by atoms with Crippen LogP contribution in [0.15, 0.2) is 4.52 Å². The minimum Gasteiger partial charge on any atom is -0.375 e. The Morgan fingerprint density at radius 3 is 2.53 bits per heavy atom. The van der Waals surface area contributed by atoms with Gasteiger partial charge in [-0.2, -0.15) is 18.2 Å². The molecule has 0 radical (unpaired) electrons. The minimum absolute atomic E-state index is 0.0514. The molecule has 1 heterocycles. The zero-order valence-corrected chi connectivity index (χ0v) is 9.88. The molecule has 1 aromatic heterocycles. The van der Waals surface area contributed by atoms with Crippen LogP contribution in [0.5, 0.6) is 0 Å². The molecule has 0 saturated heterocycles. The van der Waals surface area contributed by atoms with Crippen LogP contribution in [0.3, 0.4) is 0 Å². The van der Waals surface area contributed by atoms with E-state index >= 15 is 0 Å². The van der Waals surface area contributed by atoms with Crippen molar-refractivity contribution in [3.05, 3.63) is 11.7 Å². The van der Waals surface area contributed by atoms with Crippen molar-refractivity contribution in [3.8, 4) is 0 Å². The molecular weight excluding hydrogens is 277 g/mol. The van der Waals surface area contributed by atoms with Crippen molar-refractivity contribution < 1.29 is 31.2 Å². The first kappa shape index (κ1) is 15.8.